The average molecular weight is 522 g/mol. The number of hydrogen-bond acceptors (Lipinski definition) is 4. The van der Waals surface area contributed by atoms with Gasteiger partial charge in [-0.1, -0.05) is 54.4 Å². The van der Waals surface area contributed by atoms with Crippen LogP contribution in [0.15, 0.2) is 42.5 Å². The lowest BCUT2D eigenvalue weighted by Gasteiger charge is -2.34. The van der Waals surface area contributed by atoms with Crippen molar-refractivity contribution in [2.75, 3.05) is 17.1 Å². The van der Waals surface area contributed by atoms with Crippen molar-refractivity contribution in [1.82, 2.24) is 10.2 Å². The third kappa shape index (κ3) is 8.25. The first-order chi connectivity index (χ1) is 16.1. The third-order valence-electron chi connectivity index (χ3n) is 5.44. The lowest BCUT2D eigenvalue weighted by molar-refractivity contribution is -0.141. The van der Waals surface area contributed by atoms with E-state index in [4.69, 9.17) is 11.6 Å². The molecule has 2 aromatic carbocycles. The van der Waals surface area contributed by atoms with Crippen LogP contribution in [-0.2, 0) is 26.2 Å². The topological polar surface area (TPSA) is 86.8 Å². The van der Waals surface area contributed by atoms with Gasteiger partial charge in [-0.2, -0.15) is 0 Å². The van der Waals surface area contributed by atoms with Crippen LogP contribution in [0, 0.1) is 13.8 Å². The molecule has 0 aliphatic carbocycles. The summed E-state index contributed by atoms with van der Waals surface area (Å²) in [6.07, 6.45) is 1.42. The van der Waals surface area contributed by atoms with Crippen LogP contribution in [0.3, 0.4) is 0 Å². The highest BCUT2D eigenvalue weighted by Crippen LogP contribution is 2.27. The summed E-state index contributed by atoms with van der Waals surface area (Å²) in [5.74, 6) is -0.766. The summed E-state index contributed by atoms with van der Waals surface area (Å²) < 4.78 is 26.6. The zero-order valence-electron chi connectivity index (χ0n) is 21.6. The number of amides is 2. The first-order valence-corrected chi connectivity index (χ1v) is 13.8. The molecule has 0 fully saturated rings. The number of carbonyl (C=O) groups is 2. The van der Waals surface area contributed by atoms with Gasteiger partial charge in [0.05, 0.1) is 11.9 Å². The van der Waals surface area contributed by atoms with Gasteiger partial charge in [0.25, 0.3) is 0 Å². The number of sulfonamides is 1. The van der Waals surface area contributed by atoms with Crippen molar-refractivity contribution >= 4 is 39.1 Å². The molecule has 0 unspecified atom stereocenters. The second-order valence-electron chi connectivity index (χ2n) is 9.87. The highest BCUT2D eigenvalue weighted by molar-refractivity contribution is 7.92. The molecular formula is C26H36ClN3O4S. The summed E-state index contributed by atoms with van der Waals surface area (Å²) in [4.78, 5) is 28.4. The number of rotatable bonds is 9. The van der Waals surface area contributed by atoms with E-state index >= 15 is 0 Å². The van der Waals surface area contributed by atoms with Gasteiger partial charge in [-0.3, -0.25) is 13.9 Å². The Bertz CT molecular complexity index is 1180. The minimum absolute atomic E-state index is 0.169. The highest BCUT2D eigenvalue weighted by atomic mass is 35.5. The van der Waals surface area contributed by atoms with Crippen LogP contribution in [0.4, 0.5) is 5.69 Å². The number of carbonyl (C=O) groups excluding carboxylic acids is 2. The summed E-state index contributed by atoms with van der Waals surface area (Å²) in [6.45, 7) is 10.9. The van der Waals surface area contributed by atoms with Crippen LogP contribution in [0.25, 0.3) is 0 Å². The van der Waals surface area contributed by atoms with Crippen molar-refractivity contribution < 1.29 is 18.0 Å². The average Bonchev–Trinajstić information content (AvgIpc) is 2.71. The van der Waals surface area contributed by atoms with E-state index in [2.05, 4.69) is 5.32 Å². The second kappa shape index (κ2) is 11.4. The zero-order chi connectivity index (χ0) is 26.6. The Kier molecular flexibility index (Phi) is 9.36. The Hall–Kier alpha value is -2.58. The van der Waals surface area contributed by atoms with Crippen LogP contribution in [0.2, 0.25) is 5.02 Å². The summed E-state index contributed by atoms with van der Waals surface area (Å²) in [5.41, 5.74) is 2.38. The van der Waals surface area contributed by atoms with E-state index < -0.39 is 34.1 Å². The highest BCUT2D eigenvalue weighted by Gasteiger charge is 2.33. The van der Waals surface area contributed by atoms with Gasteiger partial charge in [0, 0.05) is 17.1 Å². The van der Waals surface area contributed by atoms with Gasteiger partial charge in [0.15, 0.2) is 0 Å². The normalized spacial score (nSPS) is 12.7. The number of nitrogens with one attached hydrogen (secondary N) is 1. The van der Waals surface area contributed by atoms with E-state index in [1.807, 2.05) is 58.9 Å². The molecule has 0 aromatic heterocycles. The van der Waals surface area contributed by atoms with Crippen LogP contribution in [-0.4, -0.2) is 49.5 Å². The number of hydrogen-bond donors (Lipinski definition) is 1. The van der Waals surface area contributed by atoms with E-state index in [0.717, 1.165) is 21.7 Å². The molecule has 7 nitrogen and oxygen atoms in total. The Morgan fingerprint density at radius 3 is 2.29 bits per heavy atom. The number of halogens is 1. The van der Waals surface area contributed by atoms with Gasteiger partial charge >= 0.3 is 0 Å². The fourth-order valence-electron chi connectivity index (χ4n) is 3.83. The Morgan fingerprint density at radius 1 is 1.09 bits per heavy atom. The van der Waals surface area contributed by atoms with Gasteiger partial charge in [-0.15, -0.1) is 0 Å². The van der Waals surface area contributed by atoms with E-state index in [-0.39, 0.29) is 12.5 Å². The largest absolute Gasteiger partial charge is 0.350 e. The molecule has 1 N–H and O–H groups in total. The summed E-state index contributed by atoms with van der Waals surface area (Å²) in [6, 6.07) is 11.8. The summed E-state index contributed by atoms with van der Waals surface area (Å²) >= 11 is 6.14. The standard InChI is InChI=1S/C26H36ClN3O4S/c1-8-22(25(32)28-26(4,5)6)29(16-20-11-9-10-18(2)14-20)24(31)17-30(35(7,33)34)23-15-21(27)13-12-19(23)3/h9-15,22H,8,16-17H2,1-7H3,(H,28,32)/t22-/m0/s1. The van der Waals surface area contributed by atoms with Crippen molar-refractivity contribution in [3.8, 4) is 0 Å². The van der Waals surface area contributed by atoms with Gasteiger partial charge in [0.1, 0.15) is 12.6 Å². The zero-order valence-corrected chi connectivity index (χ0v) is 23.1. The van der Waals surface area contributed by atoms with Crippen molar-refractivity contribution in [3.63, 3.8) is 0 Å². The maximum atomic E-state index is 13.7. The molecule has 2 aromatic rings. The summed E-state index contributed by atoms with van der Waals surface area (Å²) in [7, 11) is -3.82. The first kappa shape index (κ1) is 28.7. The predicted molar refractivity (Wildman–Crippen MR) is 142 cm³/mol. The fraction of sp³-hybridized carbons (Fsp3) is 0.462. The van der Waals surface area contributed by atoms with Crippen molar-refractivity contribution in [3.05, 3.63) is 64.2 Å². The SMILES string of the molecule is CC[C@@H](C(=O)NC(C)(C)C)N(Cc1cccc(C)c1)C(=O)CN(c1cc(Cl)ccc1C)S(C)(=O)=O. The Labute approximate surface area is 214 Å². The van der Waals surface area contributed by atoms with Gasteiger partial charge in [0.2, 0.25) is 21.8 Å². The monoisotopic (exact) mass is 521 g/mol. The molecule has 0 saturated carbocycles. The molecule has 0 saturated heterocycles. The van der Waals surface area contributed by atoms with Gasteiger partial charge < -0.3 is 10.2 Å². The first-order valence-electron chi connectivity index (χ1n) is 11.5. The van der Waals surface area contributed by atoms with Crippen LogP contribution >= 0.6 is 11.6 Å². The molecule has 0 aliphatic rings. The molecule has 2 rings (SSSR count). The minimum atomic E-state index is -3.82. The molecule has 0 spiro atoms. The van der Waals surface area contributed by atoms with Crippen molar-refractivity contribution in [2.45, 2.75) is 66.1 Å². The third-order valence-corrected chi connectivity index (χ3v) is 6.80. The summed E-state index contributed by atoms with van der Waals surface area (Å²) in [5, 5.41) is 3.31. The molecule has 0 radical (unpaired) electrons. The Balaban J connectivity index is 2.51. The van der Waals surface area contributed by atoms with Gasteiger partial charge in [-0.25, -0.2) is 8.42 Å². The smallest absolute Gasteiger partial charge is 0.244 e. The molecular weight excluding hydrogens is 486 g/mol. The molecule has 9 heteroatoms. The predicted octanol–water partition coefficient (Wildman–Crippen LogP) is 4.44. The quantitative estimate of drug-likeness (QED) is 0.528. The number of nitrogens with zero attached hydrogens (tertiary/aromatic N) is 2. The Morgan fingerprint density at radius 2 is 1.74 bits per heavy atom. The molecule has 0 heterocycles. The lowest BCUT2D eigenvalue weighted by atomic mass is 10.0. The fourth-order valence-corrected chi connectivity index (χ4v) is 4.89. The molecule has 2 amide bonds. The van der Waals surface area contributed by atoms with E-state index in [9.17, 15) is 18.0 Å². The van der Waals surface area contributed by atoms with Crippen LogP contribution < -0.4 is 9.62 Å². The lowest BCUT2D eigenvalue weighted by Crippen LogP contribution is -2.55. The van der Waals surface area contributed by atoms with E-state index in [1.165, 1.54) is 11.0 Å². The second-order valence-corrected chi connectivity index (χ2v) is 12.2. The molecule has 1 atom stereocenters. The van der Waals surface area contributed by atoms with Crippen LogP contribution in [0.1, 0.15) is 50.8 Å². The van der Waals surface area contributed by atoms with Crippen molar-refractivity contribution in [1.29, 1.82) is 0 Å². The molecule has 192 valence electrons. The minimum Gasteiger partial charge on any atom is -0.350 e. The maximum Gasteiger partial charge on any atom is 0.244 e. The molecule has 35 heavy (non-hydrogen) atoms. The number of aryl methyl sites for hydroxylation is 2. The number of anilines is 1. The van der Waals surface area contributed by atoms with E-state index in [1.54, 1.807) is 19.1 Å². The van der Waals surface area contributed by atoms with Crippen LogP contribution in [0.5, 0.6) is 0 Å². The number of benzene rings is 2. The van der Waals surface area contributed by atoms with Crippen molar-refractivity contribution in [2.24, 2.45) is 0 Å². The molecule has 0 aliphatic heterocycles. The van der Waals surface area contributed by atoms with E-state index in [0.29, 0.717) is 22.7 Å². The van der Waals surface area contributed by atoms with Gasteiger partial charge in [-0.05, 0) is 64.3 Å². The molecule has 0 bridgehead atoms. The maximum absolute atomic E-state index is 13.7.